The van der Waals surface area contributed by atoms with Gasteiger partial charge >= 0.3 is 0 Å². The molecule has 19 heavy (non-hydrogen) atoms. The molecule has 2 saturated heterocycles. The predicted molar refractivity (Wildman–Crippen MR) is 72.9 cm³/mol. The van der Waals surface area contributed by atoms with Crippen LogP contribution in [0.2, 0.25) is 0 Å². The third-order valence-corrected chi connectivity index (χ3v) is 4.35. The van der Waals surface area contributed by atoms with Crippen molar-refractivity contribution in [3.8, 4) is 0 Å². The Morgan fingerprint density at radius 3 is 3.00 bits per heavy atom. The lowest BCUT2D eigenvalue weighted by Gasteiger charge is -2.21. The van der Waals surface area contributed by atoms with E-state index >= 15 is 0 Å². The number of nitrogens with one attached hydrogen (secondary N) is 1. The maximum absolute atomic E-state index is 11.0. The van der Waals surface area contributed by atoms with Crippen LogP contribution >= 0.6 is 0 Å². The summed E-state index contributed by atoms with van der Waals surface area (Å²) in [5.41, 5.74) is 1.00. The van der Waals surface area contributed by atoms with Gasteiger partial charge < -0.3 is 5.32 Å². The van der Waals surface area contributed by atoms with Crippen LogP contribution in [0.25, 0.3) is 0 Å². The summed E-state index contributed by atoms with van der Waals surface area (Å²) in [6.07, 6.45) is 3.70. The Labute approximate surface area is 112 Å². The van der Waals surface area contributed by atoms with Crippen molar-refractivity contribution < 1.29 is 4.92 Å². The molecule has 0 amide bonds. The smallest absolute Gasteiger partial charge is 0.273 e. The van der Waals surface area contributed by atoms with E-state index in [2.05, 4.69) is 10.2 Å². The fraction of sp³-hybridized carbons (Fsp3) is 0.571. The van der Waals surface area contributed by atoms with E-state index in [1.165, 1.54) is 25.9 Å². The summed E-state index contributed by atoms with van der Waals surface area (Å²) in [7, 11) is 0. The lowest BCUT2D eigenvalue weighted by molar-refractivity contribution is -0.385. The van der Waals surface area contributed by atoms with E-state index in [0.717, 1.165) is 12.0 Å². The molecule has 2 aliphatic rings. The van der Waals surface area contributed by atoms with Crippen LogP contribution in [-0.2, 0) is 6.54 Å². The van der Waals surface area contributed by atoms with E-state index in [4.69, 9.17) is 0 Å². The molecule has 0 aliphatic carbocycles. The van der Waals surface area contributed by atoms with Gasteiger partial charge in [-0.05, 0) is 25.8 Å². The van der Waals surface area contributed by atoms with E-state index in [0.29, 0.717) is 18.6 Å². The van der Waals surface area contributed by atoms with E-state index in [1.54, 1.807) is 12.1 Å². The second kappa shape index (κ2) is 5.27. The van der Waals surface area contributed by atoms with Crippen LogP contribution in [-0.4, -0.2) is 35.0 Å². The topological polar surface area (TPSA) is 58.4 Å². The molecule has 5 nitrogen and oxygen atoms in total. The molecule has 2 heterocycles. The summed E-state index contributed by atoms with van der Waals surface area (Å²) in [6.45, 7) is 2.97. The molecule has 5 heteroatoms. The largest absolute Gasteiger partial charge is 0.308 e. The monoisotopic (exact) mass is 261 g/mol. The summed E-state index contributed by atoms with van der Waals surface area (Å²) in [5.74, 6) is 0. The summed E-state index contributed by atoms with van der Waals surface area (Å²) in [4.78, 5) is 13.2. The molecule has 1 aromatic rings. The molecule has 0 aromatic heterocycles. The van der Waals surface area contributed by atoms with Gasteiger partial charge in [-0.3, -0.25) is 15.0 Å². The molecule has 0 radical (unpaired) electrons. The first-order valence-electron chi connectivity index (χ1n) is 6.95. The molecule has 0 bridgehead atoms. The number of nitrogens with zero attached hydrogens (tertiary/aromatic N) is 2. The fourth-order valence-electron chi connectivity index (χ4n) is 3.40. The molecule has 3 rings (SSSR count). The third-order valence-electron chi connectivity index (χ3n) is 4.35. The molecule has 1 N–H and O–H groups in total. The van der Waals surface area contributed by atoms with Crippen molar-refractivity contribution in [1.82, 2.24) is 10.2 Å². The van der Waals surface area contributed by atoms with Gasteiger partial charge in [0.1, 0.15) is 0 Å². The Hall–Kier alpha value is -1.46. The Morgan fingerprint density at radius 1 is 1.32 bits per heavy atom. The molecule has 2 atom stereocenters. The summed E-state index contributed by atoms with van der Waals surface area (Å²) in [6, 6.07) is 8.13. The number of fused-ring (bicyclic) bond motifs is 1. The first-order chi connectivity index (χ1) is 9.25. The number of para-hydroxylation sites is 1. The van der Waals surface area contributed by atoms with Crippen molar-refractivity contribution >= 4 is 5.69 Å². The SMILES string of the molecule is O=[N+]([O-])c1ccccc1CNC1CCN2CCCC12. The van der Waals surface area contributed by atoms with E-state index in [-0.39, 0.29) is 10.6 Å². The molecule has 0 saturated carbocycles. The van der Waals surface area contributed by atoms with Crippen LogP contribution in [0.4, 0.5) is 5.69 Å². The van der Waals surface area contributed by atoms with E-state index in [1.807, 2.05) is 12.1 Å². The first-order valence-corrected chi connectivity index (χ1v) is 6.95. The highest BCUT2D eigenvalue weighted by Crippen LogP contribution is 2.28. The minimum atomic E-state index is -0.298. The van der Waals surface area contributed by atoms with Crippen molar-refractivity contribution in [1.29, 1.82) is 0 Å². The minimum Gasteiger partial charge on any atom is -0.308 e. The minimum absolute atomic E-state index is 0.219. The summed E-state index contributed by atoms with van der Waals surface area (Å²) in [5, 5.41) is 14.5. The lowest BCUT2D eigenvalue weighted by Crippen LogP contribution is -2.38. The predicted octanol–water partition coefficient (Wildman–Crippen LogP) is 1.92. The Bertz CT molecular complexity index is 478. The number of nitro groups is 1. The van der Waals surface area contributed by atoms with Gasteiger partial charge in [0.15, 0.2) is 0 Å². The zero-order valence-electron chi connectivity index (χ0n) is 10.9. The van der Waals surface area contributed by atoms with Crippen LogP contribution in [0, 0.1) is 10.1 Å². The van der Waals surface area contributed by atoms with Gasteiger partial charge in [0.25, 0.3) is 5.69 Å². The second-order valence-corrected chi connectivity index (χ2v) is 5.41. The van der Waals surface area contributed by atoms with Crippen LogP contribution < -0.4 is 5.32 Å². The molecule has 2 aliphatic heterocycles. The second-order valence-electron chi connectivity index (χ2n) is 5.41. The normalized spacial score (nSPS) is 26.5. The molecule has 0 spiro atoms. The van der Waals surface area contributed by atoms with Crippen molar-refractivity contribution in [3.05, 3.63) is 39.9 Å². The average molecular weight is 261 g/mol. The maximum Gasteiger partial charge on any atom is 0.273 e. The van der Waals surface area contributed by atoms with Gasteiger partial charge in [-0.25, -0.2) is 0 Å². The number of benzene rings is 1. The van der Waals surface area contributed by atoms with Gasteiger partial charge in [-0.15, -0.1) is 0 Å². The zero-order valence-corrected chi connectivity index (χ0v) is 10.9. The van der Waals surface area contributed by atoms with E-state index in [9.17, 15) is 10.1 Å². The highest BCUT2D eigenvalue weighted by molar-refractivity contribution is 5.39. The Balaban J connectivity index is 1.65. The van der Waals surface area contributed by atoms with Crippen LogP contribution in [0.3, 0.4) is 0 Å². The third kappa shape index (κ3) is 2.48. The summed E-state index contributed by atoms with van der Waals surface area (Å²) >= 11 is 0. The van der Waals surface area contributed by atoms with Crippen LogP contribution in [0.15, 0.2) is 24.3 Å². The Kier molecular flexibility index (Phi) is 3.48. The van der Waals surface area contributed by atoms with Gasteiger partial charge in [-0.1, -0.05) is 18.2 Å². The van der Waals surface area contributed by atoms with E-state index < -0.39 is 0 Å². The lowest BCUT2D eigenvalue weighted by atomic mass is 10.1. The highest BCUT2D eigenvalue weighted by atomic mass is 16.6. The average Bonchev–Trinajstić information content (AvgIpc) is 3.00. The Morgan fingerprint density at radius 2 is 2.16 bits per heavy atom. The molecule has 2 fully saturated rings. The molecule has 2 unspecified atom stereocenters. The van der Waals surface area contributed by atoms with Crippen LogP contribution in [0.5, 0.6) is 0 Å². The number of hydrogen-bond donors (Lipinski definition) is 1. The van der Waals surface area contributed by atoms with Crippen molar-refractivity contribution in [2.75, 3.05) is 13.1 Å². The standard InChI is InChI=1S/C14H19N3O2/c18-17(19)13-5-2-1-4-11(13)10-15-12-7-9-16-8-3-6-14(12)16/h1-2,4-5,12,14-15H,3,6-10H2. The molecular weight excluding hydrogens is 242 g/mol. The summed E-state index contributed by atoms with van der Waals surface area (Å²) < 4.78 is 0. The number of hydrogen-bond acceptors (Lipinski definition) is 4. The zero-order chi connectivity index (χ0) is 13.2. The molecular formula is C14H19N3O2. The first kappa shape index (κ1) is 12.6. The van der Waals surface area contributed by atoms with Gasteiger partial charge in [0.2, 0.25) is 0 Å². The number of nitro benzene ring substituents is 1. The highest BCUT2D eigenvalue weighted by Gasteiger charge is 2.36. The van der Waals surface area contributed by atoms with Crippen molar-refractivity contribution in [3.63, 3.8) is 0 Å². The van der Waals surface area contributed by atoms with Gasteiger partial charge in [-0.2, -0.15) is 0 Å². The molecule has 1 aromatic carbocycles. The maximum atomic E-state index is 11.0. The van der Waals surface area contributed by atoms with Crippen molar-refractivity contribution in [2.45, 2.75) is 37.9 Å². The quantitative estimate of drug-likeness (QED) is 0.664. The number of rotatable bonds is 4. The molecule has 102 valence electrons. The van der Waals surface area contributed by atoms with Gasteiger partial charge in [0, 0.05) is 36.8 Å². The fourth-order valence-corrected chi connectivity index (χ4v) is 3.40. The van der Waals surface area contributed by atoms with Gasteiger partial charge in [0.05, 0.1) is 4.92 Å². The van der Waals surface area contributed by atoms with Crippen molar-refractivity contribution in [2.24, 2.45) is 0 Å². The van der Waals surface area contributed by atoms with Crippen LogP contribution in [0.1, 0.15) is 24.8 Å².